The zero-order valence-electron chi connectivity index (χ0n) is 74.2. The van der Waals surface area contributed by atoms with Crippen LogP contribution in [-0.4, -0.2) is 116 Å². The Morgan fingerprint density at radius 1 is 0.328 bits per heavy atom. The third kappa shape index (κ3) is 26.0. The highest BCUT2D eigenvalue weighted by Gasteiger charge is 2.25. The van der Waals surface area contributed by atoms with Crippen molar-refractivity contribution in [3.8, 4) is 23.4 Å². The largest absolute Gasteiger partial charge is 0.393 e. The lowest BCUT2D eigenvalue weighted by molar-refractivity contribution is 0.125. The van der Waals surface area contributed by atoms with Crippen molar-refractivity contribution >= 4 is 170 Å². The van der Waals surface area contributed by atoms with Gasteiger partial charge < -0.3 is 39.5 Å². The Labute approximate surface area is 831 Å². The zero-order chi connectivity index (χ0) is 94.1. The molecule has 0 radical (unpaired) electrons. The maximum atomic E-state index is 13.2. The number of nitrogens with zero attached hydrogens (tertiary/aromatic N) is 14. The van der Waals surface area contributed by atoms with E-state index in [4.69, 9.17) is 51.4 Å². The highest BCUT2D eigenvalue weighted by Crippen LogP contribution is 2.38. The van der Waals surface area contributed by atoms with Gasteiger partial charge in [-0.1, -0.05) is 205 Å². The Balaban J connectivity index is 0.000000118. The molecule has 137 heavy (non-hydrogen) atoms. The molecule has 0 saturated heterocycles. The number of hydrogen-bond acceptors (Lipinski definition) is 20. The second-order valence-corrected chi connectivity index (χ2v) is 39.8. The number of aromatic nitrogens is 15. The van der Waals surface area contributed by atoms with Crippen molar-refractivity contribution in [3.05, 3.63) is 414 Å². The van der Waals surface area contributed by atoms with E-state index in [0.29, 0.717) is 50.3 Å². The lowest BCUT2D eigenvalue weighted by Gasteiger charge is -2.26. The second kappa shape index (κ2) is 47.4. The molecule has 0 unspecified atom stereocenters. The van der Waals surface area contributed by atoms with Crippen LogP contribution < -0.4 is 10.6 Å². The number of sulfone groups is 1. The third-order valence-electron chi connectivity index (χ3n) is 22.9. The van der Waals surface area contributed by atoms with Crippen LogP contribution in [-0.2, 0) is 38.6 Å². The van der Waals surface area contributed by atoms with Gasteiger partial charge in [0.05, 0.1) is 44.9 Å². The fourth-order valence-corrected chi connectivity index (χ4v) is 22.4. The Morgan fingerprint density at radius 3 is 1.09 bits per heavy atom. The van der Waals surface area contributed by atoms with Crippen LogP contribution in [0.25, 0.3) is 77.9 Å². The first kappa shape index (κ1) is 96.0. The maximum absolute atomic E-state index is 13.2. The van der Waals surface area contributed by atoms with Gasteiger partial charge in [-0.3, -0.25) is 4.57 Å². The van der Waals surface area contributed by atoms with E-state index in [1.165, 1.54) is 75.1 Å². The number of fused-ring (bicyclic) bond motifs is 5. The summed E-state index contributed by atoms with van der Waals surface area (Å²) in [6.45, 7) is 0. The van der Waals surface area contributed by atoms with Gasteiger partial charge in [-0.25, -0.2) is 43.3 Å². The molecule has 0 aliphatic heterocycles. The third-order valence-corrected chi connectivity index (χ3v) is 30.0. The number of aliphatic hydroxyl groups is 2. The molecule has 0 spiro atoms. The summed E-state index contributed by atoms with van der Waals surface area (Å²) in [6, 6.07) is 102. The molecule has 10 heterocycles. The molecule has 20 aromatic rings. The summed E-state index contributed by atoms with van der Waals surface area (Å²) in [6.07, 6.45) is 24.8. The summed E-state index contributed by atoms with van der Waals surface area (Å²) in [4.78, 5) is 51.0. The fourth-order valence-electron chi connectivity index (χ4n) is 16.1. The van der Waals surface area contributed by atoms with Crippen molar-refractivity contribution in [3.63, 3.8) is 0 Å². The van der Waals surface area contributed by atoms with Gasteiger partial charge in [-0.05, 0) is 224 Å². The van der Waals surface area contributed by atoms with Gasteiger partial charge in [0.25, 0.3) is 0 Å². The smallest absolute Gasteiger partial charge is 0.235 e. The average Bonchev–Trinajstić information content (AvgIpc) is 1.69. The van der Waals surface area contributed by atoms with Crippen LogP contribution >= 0.6 is 93.5 Å². The number of halogens is 4. The van der Waals surface area contributed by atoms with E-state index >= 15 is 0 Å². The number of hydrogen-bond donors (Lipinski definition) is 5. The monoisotopic (exact) mass is 1980 g/mol. The lowest BCUT2D eigenvalue weighted by Crippen LogP contribution is -2.29. The SMILES string of the molecule is Clc1ccnc(-n2ccc3c(SCc4ccccc4)cccc32)n1.Clc1ccnc(Cl)n1.Clc1nccc(-n2ccc3c(SCc4ccccc4)cccc32)n1.O=S(=O)(Cc1ccccc1)c1cccc2c1ccn2-c1ccnc(NC2CCC(O)CC2)n1.OC1CCC(Nc2nccc(-n3ccc4c(SCc5ccccc5)cccc43)n2)CC1.c1ccc(CSc2cccc3[nH]ccc23)cc1. The van der Waals surface area contributed by atoms with Crippen LogP contribution in [0.1, 0.15) is 79.2 Å². The molecular formula is C107H95Cl4N17O4S5. The number of nitrogens with one attached hydrogen (secondary N) is 3. The van der Waals surface area contributed by atoms with Gasteiger partial charge in [0, 0.05) is 149 Å². The Hall–Kier alpha value is -12.7. The summed E-state index contributed by atoms with van der Waals surface area (Å²) < 4.78 is 34.4. The first-order chi connectivity index (χ1) is 67.1. The summed E-state index contributed by atoms with van der Waals surface area (Å²) >= 11 is 30.1. The van der Waals surface area contributed by atoms with Crippen molar-refractivity contribution in [1.82, 2.24) is 73.1 Å². The van der Waals surface area contributed by atoms with Crippen molar-refractivity contribution in [2.75, 3.05) is 10.6 Å². The van der Waals surface area contributed by atoms with Crippen molar-refractivity contribution in [2.24, 2.45) is 0 Å². The van der Waals surface area contributed by atoms with Gasteiger partial charge in [-0.2, -0.15) is 15.0 Å². The van der Waals surface area contributed by atoms with Gasteiger partial charge >= 0.3 is 0 Å². The number of H-pyrrole nitrogens is 1. The summed E-state index contributed by atoms with van der Waals surface area (Å²) in [7, 11) is -3.52. The maximum Gasteiger partial charge on any atom is 0.235 e. The van der Waals surface area contributed by atoms with E-state index in [9.17, 15) is 18.6 Å². The predicted molar refractivity (Wildman–Crippen MR) is 561 cm³/mol. The average molecular weight is 1990 g/mol. The molecule has 10 aromatic carbocycles. The molecule has 0 amide bonds. The molecule has 0 bridgehead atoms. The quantitative estimate of drug-likeness (QED) is 0.0226. The molecule has 2 saturated carbocycles. The number of aromatic amines is 1. The molecule has 30 heteroatoms. The number of aliphatic hydroxyl groups excluding tert-OH is 2. The van der Waals surface area contributed by atoms with Gasteiger partial charge in [0.1, 0.15) is 27.8 Å². The molecule has 2 fully saturated rings. The van der Waals surface area contributed by atoms with E-state index in [1.807, 2.05) is 158 Å². The van der Waals surface area contributed by atoms with E-state index in [2.05, 4.69) is 277 Å². The summed E-state index contributed by atoms with van der Waals surface area (Å²) in [5.74, 6) is 7.87. The topological polar surface area (TPSA) is 263 Å². The molecule has 10 aromatic heterocycles. The summed E-state index contributed by atoms with van der Waals surface area (Å²) in [5.41, 5.74) is 11.4. The lowest BCUT2D eigenvalue weighted by atomic mass is 9.93. The predicted octanol–water partition coefficient (Wildman–Crippen LogP) is 26.5. The molecule has 2 aliphatic carbocycles. The minimum atomic E-state index is -3.52. The van der Waals surface area contributed by atoms with Crippen LogP contribution in [0, 0.1) is 0 Å². The summed E-state index contributed by atoms with van der Waals surface area (Å²) in [5, 5.41) is 33.1. The molecule has 21 nitrogen and oxygen atoms in total. The molecular weight excluding hydrogens is 1890 g/mol. The molecule has 5 N–H and O–H groups in total. The molecule has 690 valence electrons. The highest BCUT2D eigenvalue weighted by molar-refractivity contribution is 7.99. The van der Waals surface area contributed by atoms with Crippen LogP contribution in [0.2, 0.25) is 20.9 Å². The zero-order valence-corrected chi connectivity index (χ0v) is 81.3. The molecule has 22 rings (SSSR count). The molecule has 0 atom stereocenters. The number of thioether (sulfide) groups is 4. The van der Waals surface area contributed by atoms with E-state index in [1.54, 1.807) is 48.9 Å². The molecule has 2 aliphatic rings. The second-order valence-electron chi connectivity index (χ2n) is 32.3. The van der Waals surface area contributed by atoms with Gasteiger partial charge in [0.15, 0.2) is 9.84 Å². The number of benzene rings is 10. The van der Waals surface area contributed by atoms with Crippen molar-refractivity contribution in [2.45, 2.75) is 129 Å². The Bertz CT molecular complexity index is 7290. The normalized spacial score (nSPS) is 14.6. The first-order valence-electron chi connectivity index (χ1n) is 44.7. The standard InChI is InChI=1S/C25H26N4O3S.C25H26N4OS.2C19H14ClN3S.C15H13NS.C4H2Cl2N2/c30-20-11-9-19(10-12-20)27-25-26-15-13-24(28-25)29-16-14-21-22(29)7-4-8-23(21)33(31,32)17-18-5-2-1-3-6-18;30-20-11-9-19(10-12-20)27-25-26-15-13-24(28-25)29-16-14-21-22(29)7-4-8-23(21)31-17-18-5-2-1-3-6-18;20-19-21-11-9-18(22-19)23-12-10-15-16(23)7-4-8-17(15)24-13-14-5-2-1-3-6-14;20-18-9-11-21-19(22-18)23-12-10-15-16(23)7-4-8-17(15)24-13-14-5-2-1-3-6-14;1-2-5-12(6-3-1)11-17-15-8-4-7-14-13(15)9-10-16-14;5-3-1-2-7-4(6)8-3/h1-8,13-16,19-20,30H,9-12,17H2,(H,26,27,28);1-8,13-16,19-20,30H,9-12,17H2,(H,26,27,28);2*1-12H,13H2;1-10,16H,11H2;1-2H. The van der Waals surface area contributed by atoms with E-state index in [0.717, 1.165) is 114 Å². The van der Waals surface area contributed by atoms with Crippen LogP contribution in [0.15, 0.2) is 390 Å². The fraction of sp³-hybridized carbons (Fsp3) is 0.159. The van der Waals surface area contributed by atoms with Crippen molar-refractivity contribution < 1.29 is 18.6 Å². The van der Waals surface area contributed by atoms with Crippen molar-refractivity contribution in [1.29, 1.82) is 0 Å². The first-order valence-corrected chi connectivity index (χ1v) is 51.8. The highest BCUT2D eigenvalue weighted by atomic mass is 35.5. The van der Waals surface area contributed by atoms with Crippen LogP contribution in [0.4, 0.5) is 11.9 Å². The Morgan fingerprint density at radius 2 is 0.679 bits per heavy atom. The Kier molecular flexibility index (Phi) is 33.2. The van der Waals surface area contributed by atoms with Gasteiger partial charge in [-0.15, -0.1) is 47.0 Å². The minimum absolute atomic E-state index is 0.0458. The van der Waals surface area contributed by atoms with E-state index in [-0.39, 0.29) is 34.6 Å². The number of rotatable bonds is 23. The minimum Gasteiger partial charge on any atom is -0.393 e. The van der Waals surface area contributed by atoms with E-state index < -0.39 is 9.84 Å². The van der Waals surface area contributed by atoms with Crippen LogP contribution in [0.3, 0.4) is 0 Å². The van der Waals surface area contributed by atoms with Crippen LogP contribution in [0.5, 0.6) is 0 Å². The number of anilines is 2. The van der Waals surface area contributed by atoms with Gasteiger partial charge in [0.2, 0.25) is 28.4 Å².